The van der Waals surface area contributed by atoms with Crippen molar-refractivity contribution in [3.05, 3.63) is 47.3 Å². The molecule has 5 heteroatoms. The number of esters is 1. The Hall–Kier alpha value is -0.940. The number of thioether (sulfide) groups is 2. The molecule has 0 amide bonds. The smallest absolute Gasteiger partial charge is 0.367 e. The van der Waals surface area contributed by atoms with Crippen LogP contribution in [-0.2, 0) is 9.53 Å². The zero-order chi connectivity index (χ0) is 13.7. The quantitative estimate of drug-likeness (QED) is 0.623. The number of rotatable bonds is 3. The fourth-order valence-corrected chi connectivity index (χ4v) is 4.49. The summed E-state index contributed by atoms with van der Waals surface area (Å²) in [4.78, 5) is 11.3. The molecule has 0 aliphatic carbocycles. The Kier molecular flexibility index (Phi) is 5.34. The van der Waals surface area contributed by atoms with Crippen molar-refractivity contribution >= 4 is 29.5 Å². The van der Waals surface area contributed by atoms with Crippen molar-refractivity contribution in [1.82, 2.24) is 0 Å². The van der Waals surface area contributed by atoms with E-state index in [9.17, 15) is 9.18 Å². The molecule has 0 aromatic heterocycles. The van der Waals surface area contributed by atoms with E-state index in [1.54, 1.807) is 30.4 Å². The van der Waals surface area contributed by atoms with Gasteiger partial charge in [-0.05, 0) is 18.1 Å². The highest BCUT2D eigenvalue weighted by Crippen LogP contribution is 2.45. The lowest BCUT2D eigenvalue weighted by atomic mass is 10.2. The minimum absolute atomic E-state index is 0.201. The van der Waals surface area contributed by atoms with Gasteiger partial charge in [0.05, 0.1) is 11.2 Å². The summed E-state index contributed by atoms with van der Waals surface area (Å²) in [6, 6.07) is 10.1. The molecule has 0 unspecified atom stereocenters. The van der Waals surface area contributed by atoms with Gasteiger partial charge in [-0.1, -0.05) is 30.3 Å². The molecule has 1 aromatic carbocycles. The molecule has 0 spiro atoms. The predicted octanol–water partition coefficient (Wildman–Crippen LogP) is 3.95. The van der Waals surface area contributed by atoms with Gasteiger partial charge in [-0.25, -0.2) is 4.79 Å². The van der Waals surface area contributed by atoms with Gasteiger partial charge in [-0.2, -0.15) is 4.39 Å². The molecule has 102 valence electrons. The van der Waals surface area contributed by atoms with Crippen LogP contribution in [0.15, 0.2) is 41.7 Å². The number of benzene rings is 1. The largest absolute Gasteiger partial charge is 0.461 e. The topological polar surface area (TPSA) is 26.3 Å². The highest BCUT2D eigenvalue weighted by molar-refractivity contribution is 8.17. The van der Waals surface area contributed by atoms with Crippen LogP contribution in [0.4, 0.5) is 4.39 Å². The standard InChI is InChI=1S/C14H15FO2S2/c1-2-17-13(16)12(15)11-8-18-14(19-9-11)10-6-4-3-5-7-10/h3-7,14H,2,8-9H2,1H3. The average Bonchev–Trinajstić information content (AvgIpc) is 2.48. The minimum atomic E-state index is -0.836. The van der Waals surface area contributed by atoms with Gasteiger partial charge in [-0.15, -0.1) is 23.5 Å². The summed E-state index contributed by atoms with van der Waals surface area (Å²) in [5, 5.41) is 0. The number of halogens is 1. The molecular formula is C14H15FO2S2. The van der Waals surface area contributed by atoms with Crippen LogP contribution in [0.25, 0.3) is 0 Å². The zero-order valence-corrected chi connectivity index (χ0v) is 12.2. The van der Waals surface area contributed by atoms with Crippen molar-refractivity contribution < 1.29 is 13.9 Å². The Morgan fingerprint density at radius 1 is 1.32 bits per heavy atom. The summed E-state index contributed by atoms with van der Waals surface area (Å²) in [6.45, 7) is 1.87. The Labute approximate surface area is 120 Å². The van der Waals surface area contributed by atoms with Gasteiger partial charge in [0.15, 0.2) is 0 Å². The van der Waals surface area contributed by atoms with Crippen LogP contribution in [0.2, 0.25) is 0 Å². The number of carbonyl (C=O) groups is 1. The van der Waals surface area contributed by atoms with Crippen LogP contribution in [0.3, 0.4) is 0 Å². The Morgan fingerprint density at radius 3 is 2.53 bits per heavy atom. The first-order valence-corrected chi connectivity index (χ1v) is 8.15. The van der Waals surface area contributed by atoms with Gasteiger partial charge in [-0.3, -0.25) is 0 Å². The second kappa shape index (κ2) is 7.01. The Balaban J connectivity index is 1.99. The molecule has 0 atom stereocenters. The third kappa shape index (κ3) is 3.76. The van der Waals surface area contributed by atoms with Gasteiger partial charge < -0.3 is 4.74 Å². The summed E-state index contributed by atoms with van der Waals surface area (Å²) in [7, 11) is 0. The molecule has 0 saturated carbocycles. The van der Waals surface area contributed by atoms with E-state index in [1.807, 2.05) is 18.2 Å². The molecule has 0 bridgehead atoms. The lowest BCUT2D eigenvalue weighted by molar-refractivity contribution is -0.140. The summed E-state index contributed by atoms with van der Waals surface area (Å²) in [6.07, 6.45) is 0. The first kappa shape index (κ1) is 14.5. The van der Waals surface area contributed by atoms with Crippen molar-refractivity contribution in [2.75, 3.05) is 18.1 Å². The van der Waals surface area contributed by atoms with Gasteiger partial charge in [0.25, 0.3) is 0 Å². The normalized spacial score (nSPS) is 19.1. The molecule has 2 rings (SSSR count). The van der Waals surface area contributed by atoms with Gasteiger partial charge in [0.1, 0.15) is 0 Å². The molecule has 1 saturated heterocycles. The monoisotopic (exact) mass is 298 g/mol. The van der Waals surface area contributed by atoms with Crippen LogP contribution in [0, 0.1) is 0 Å². The van der Waals surface area contributed by atoms with E-state index in [2.05, 4.69) is 16.9 Å². The van der Waals surface area contributed by atoms with E-state index >= 15 is 0 Å². The molecule has 19 heavy (non-hydrogen) atoms. The first-order valence-electron chi connectivity index (χ1n) is 6.05. The molecule has 1 heterocycles. The van der Waals surface area contributed by atoms with Crippen LogP contribution in [-0.4, -0.2) is 24.1 Å². The lowest BCUT2D eigenvalue weighted by Gasteiger charge is -2.23. The van der Waals surface area contributed by atoms with Crippen LogP contribution in [0.1, 0.15) is 17.1 Å². The van der Waals surface area contributed by atoms with Crippen molar-refractivity contribution in [3.8, 4) is 0 Å². The van der Waals surface area contributed by atoms with E-state index in [0.717, 1.165) is 0 Å². The molecule has 1 aliphatic heterocycles. The molecular weight excluding hydrogens is 283 g/mol. The maximum Gasteiger partial charge on any atom is 0.367 e. The van der Waals surface area contributed by atoms with Gasteiger partial charge in [0.2, 0.25) is 5.83 Å². The van der Waals surface area contributed by atoms with Crippen LogP contribution < -0.4 is 0 Å². The molecule has 0 N–H and O–H groups in total. The van der Waals surface area contributed by atoms with Crippen molar-refractivity contribution in [2.45, 2.75) is 11.5 Å². The Morgan fingerprint density at radius 2 is 1.95 bits per heavy atom. The van der Waals surface area contributed by atoms with Crippen molar-refractivity contribution in [2.24, 2.45) is 0 Å². The molecule has 1 fully saturated rings. The second-order valence-electron chi connectivity index (χ2n) is 4.00. The Bertz CT molecular complexity index is 464. The lowest BCUT2D eigenvalue weighted by Crippen LogP contribution is -2.12. The molecule has 0 radical (unpaired) electrons. The molecule has 1 aliphatic rings. The number of carbonyl (C=O) groups excluding carboxylic acids is 1. The van der Waals surface area contributed by atoms with E-state index < -0.39 is 11.8 Å². The minimum Gasteiger partial charge on any atom is -0.461 e. The van der Waals surface area contributed by atoms with Crippen LogP contribution >= 0.6 is 23.5 Å². The van der Waals surface area contributed by atoms with E-state index in [4.69, 9.17) is 0 Å². The number of hydrogen-bond acceptors (Lipinski definition) is 4. The summed E-state index contributed by atoms with van der Waals surface area (Å²) >= 11 is 3.29. The third-order valence-corrected chi connectivity index (χ3v) is 5.65. The summed E-state index contributed by atoms with van der Waals surface area (Å²) in [5.74, 6) is -0.473. The fourth-order valence-electron chi connectivity index (χ4n) is 1.71. The maximum atomic E-state index is 13.8. The highest BCUT2D eigenvalue weighted by atomic mass is 32.2. The number of hydrogen-bond donors (Lipinski definition) is 0. The average molecular weight is 298 g/mol. The molecule has 1 aromatic rings. The fraction of sp³-hybridized carbons (Fsp3) is 0.357. The highest BCUT2D eigenvalue weighted by Gasteiger charge is 2.24. The summed E-state index contributed by atoms with van der Waals surface area (Å²) < 4.78 is 18.8. The van der Waals surface area contributed by atoms with Crippen LogP contribution in [0.5, 0.6) is 0 Å². The second-order valence-corrected chi connectivity index (χ2v) is 6.49. The maximum absolute atomic E-state index is 13.8. The van der Waals surface area contributed by atoms with Gasteiger partial charge >= 0.3 is 5.97 Å². The third-order valence-electron chi connectivity index (χ3n) is 2.65. The number of ether oxygens (including phenoxy) is 1. The van der Waals surface area contributed by atoms with E-state index in [1.165, 1.54) is 5.56 Å². The van der Waals surface area contributed by atoms with Gasteiger partial charge in [0, 0.05) is 11.5 Å². The summed E-state index contributed by atoms with van der Waals surface area (Å²) in [5.41, 5.74) is 1.77. The molecule has 2 nitrogen and oxygen atoms in total. The van der Waals surface area contributed by atoms with E-state index in [-0.39, 0.29) is 6.61 Å². The zero-order valence-electron chi connectivity index (χ0n) is 10.6. The first-order chi connectivity index (χ1) is 9.22. The SMILES string of the molecule is CCOC(=O)C(F)=C1CSC(c2ccccc2)SC1. The predicted molar refractivity (Wildman–Crippen MR) is 78.9 cm³/mol. The van der Waals surface area contributed by atoms with E-state index in [0.29, 0.717) is 21.7 Å². The van der Waals surface area contributed by atoms with Crippen molar-refractivity contribution in [1.29, 1.82) is 0 Å². The van der Waals surface area contributed by atoms with Crippen molar-refractivity contribution in [3.63, 3.8) is 0 Å².